The van der Waals surface area contributed by atoms with E-state index in [9.17, 15) is 15.3 Å². The van der Waals surface area contributed by atoms with Crippen LogP contribution in [-0.2, 0) is 0 Å². The van der Waals surface area contributed by atoms with E-state index in [-0.39, 0.29) is 13.2 Å². The monoisotopic (exact) mass is 258 g/mol. The smallest absolute Gasteiger partial charge is 0.0459 e. The van der Waals surface area contributed by atoms with E-state index >= 15 is 0 Å². The first-order valence-corrected chi connectivity index (χ1v) is 7.62. The van der Waals surface area contributed by atoms with E-state index in [1.165, 1.54) is 6.42 Å². The van der Waals surface area contributed by atoms with Crippen molar-refractivity contribution in [1.29, 1.82) is 0 Å². The Balaban J connectivity index is 2.44. The minimum absolute atomic E-state index is 0.266. The molecule has 1 saturated carbocycles. The zero-order chi connectivity index (χ0) is 13.2. The van der Waals surface area contributed by atoms with Crippen LogP contribution in [0, 0.1) is 17.8 Å². The van der Waals surface area contributed by atoms with E-state index in [2.05, 4.69) is 0 Å². The van der Waals surface area contributed by atoms with Gasteiger partial charge in [-0.25, -0.2) is 0 Å². The number of aliphatic hydroxyl groups is 3. The Morgan fingerprint density at radius 3 is 1.22 bits per heavy atom. The van der Waals surface area contributed by atoms with E-state index < -0.39 is 0 Å². The lowest BCUT2D eigenvalue weighted by atomic mass is 9.86. The third kappa shape index (κ3) is 6.17. The van der Waals surface area contributed by atoms with Gasteiger partial charge in [0.25, 0.3) is 0 Å². The first-order valence-electron chi connectivity index (χ1n) is 7.62. The lowest BCUT2D eigenvalue weighted by Crippen LogP contribution is -2.14. The Hall–Kier alpha value is -0.120. The lowest BCUT2D eigenvalue weighted by Gasteiger charge is -2.22. The van der Waals surface area contributed by atoms with Crippen LogP contribution in [0.3, 0.4) is 0 Å². The van der Waals surface area contributed by atoms with Gasteiger partial charge in [0.2, 0.25) is 0 Å². The highest BCUT2D eigenvalue weighted by Crippen LogP contribution is 2.25. The Morgan fingerprint density at radius 2 is 0.833 bits per heavy atom. The lowest BCUT2D eigenvalue weighted by molar-refractivity contribution is 0.158. The molecule has 0 aromatic carbocycles. The highest BCUT2D eigenvalue weighted by molar-refractivity contribution is 4.68. The van der Waals surface area contributed by atoms with Gasteiger partial charge in [-0.3, -0.25) is 0 Å². The molecule has 1 fully saturated rings. The third-order valence-corrected chi connectivity index (χ3v) is 4.46. The summed E-state index contributed by atoms with van der Waals surface area (Å²) < 4.78 is 0. The maximum atomic E-state index is 9.37. The number of hydrogen-bond acceptors (Lipinski definition) is 3. The van der Waals surface area contributed by atoms with Crippen LogP contribution in [0.15, 0.2) is 0 Å². The van der Waals surface area contributed by atoms with Crippen LogP contribution in [0.2, 0.25) is 0 Å². The Morgan fingerprint density at radius 1 is 0.500 bits per heavy atom. The van der Waals surface area contributed by atoms with Crippen molar-refractivity contribution in [3.63, 3.8) is 0 Å². The van der Waals surface area contributed by atoms with Gasteiger partial charge in [0, 0.05) is 19.8 Å². The average Bonchev–Trinajstić information content (AvgIpc) is 2.39. The van der Waals surface area contributed by atoms with Gasteiger partial charge in [0.1, 0.15) is 0 Å². The molecule has 0 saturated heterocycles. The summed E-state index contributed by atoms with van der Waals surface area (Å²) in [6.07, 6.45) is 9.88. The fourth-order valence-electron chi connectivity index (χ4n) is 3.01. The minimum atomic E-state index is 0.266. The number of aliphatic hydroxyl groups excluding tert-OH is 3. The molecule has 0 aromatic heterocycles. The van der Waals surface area contributed by atoms with Crippen LogP contribution in [0.5, 0.6) is 0 Å². The molecule has 0 amide bonds. The summed E-state index contributed by atoms with van der Waals surface area (Å²) in [6.45, 7) is 0.844. The molecule has 0 radical (unpaired) electrons. The maximum absolute atomic E-state index is 9.37. The zero-order valence-electron chi connectivity index (χ0n) is 11.6. The predicted molar refractivity (Wildman–Crippen MR) is 73.3 cm³/mol. The van der Waals surface area contributed by atoms with Gasteiger partial charge in [-0.2, -0.15) is 0 Å². The van der Waals surface area contributed by atoms with Crippen molar-refractivity contribution in [2.45, 2.75) is 57.8 Å². The van der Waals surface area contributed by atoms with Crippen molar-refractivity contribution in [3.8, 4) is 0 Å². The van der Waals surface area contributed by atoms with Crippen molar-refractivity contribution >= 4 is 0 Å². The van der Waals surface area contributed by atoms with Crippen LogP contribution in [-0.4, -0.2) is 35.1 Å². The van der Waals surface area contributed by atoms with Crippen molar-refractivity contribution in [3.05, 3.63) is 0 Å². The number of hydrogen-bond donors (Lipinski definition) is 3. The first-order chi connectivity index (χ1) is 8.80. The quantitative estimate of drug-likeness (QED) is 0.728. The highest BCUT2D eigenvalue weighted by Gasteiger charge is 2.16. The van der Waals surface area contributed by atoms with Crippen molar-refractivity contribution in [2.75, 3.05) is 19.8 Å². The largest absolute Gasteiger partial charge is 0.396 e. The van der Waals surface area contributed by atoms with Gasteiger partial charge in [0.05, 0.1) is 0 Å². The van der Waals surface area contributed by atoms with Crippen LogP contribution >= 0.6 is 0 Å². The molecule has 1 aliphatic carbocycles. The molecule has 0 heterocycles. The summed E-state index contributed by atoms with van der Waals surface area (Å²) >= 11 is 0. The molecule has 0 aromatic rings. The molecule has 3 atom stereocenters. The summed E-state index contributed by atoms with van der Waals surface area (Å²) in [7, 11) is 0. The van der Waals surface area contributed by atoms with E-state index in [1.807, 2.05) is 0 Å². The topological polar surface area (TPSA) is 60.7 Å². The van der Waals surface area contributed by atoms with Gasteiger partial charge >= 0.3 is 0 Å². The molecule has 3 N–H and O–H groups in total. The molecule has 1 aliphatic rings. The maximum Gasteiger partial charge on any atom is 0.0459 e. The fraction of sp³-hybridized carbons (Fsp3) is 1.00. The molecule has 3 heteroatoms. The van der Waals surface area contributed by atoms with Gasteiger partial charge in [-0.1, -0.05) is 19.3 Å². The van der Waals surface area contributed by atoms with Gasteiger partial charge in [-0.05, 0) is 56.3 Å². The highest BCUT2D eigenvalue weighted by atomic mass is 16.3. The predicted octanol–water partition coefficient (Wildman–Crippen LogP) is 2.34. The molecule has 1 rings (SSSR count). The summed E-state index contributed by atoms with van der Waals surface area (Å²) in [6, 6.07) is 0. The van der Waals surface area contributed by atoms with Crippen LogP contribution in [0.25, 0.3) is 0 Å². The van der Waals surface area contributed by atoms with Crippen LogP contribution in [0.1, 0.15) is 57.8 Å². The number of rotatable bonds is 3. The molecule has 3 nitrogen and oxygen atoms in total. The Bertz CT molecular complexity index is 196. The summed E-state index contributed by atoms with van der Waals surface area (Å²) in [5.74, 6) is 1.24. The molecule has 18 heavy (non-hydrogen) atoms. The normalized spacial score (nSPS) is 32.5. The molecular weight excluding hydrogens is 228 g/mol. The second-order valence-corrected chi connectivity index (χ2v) is 5.94. The van der Waals surface area contributed by atoms with Gasteiger partial charge in [0.15, 0.2) is 0 Å². The molecular formula is C15H30O3. The third-order valence-electron chi connectivity index (χ3n) is 4.46. The summed E-state index contributed by atoms with van der Waals surface area (Å²) in [5.41, 5.74) is 0. The standard InChI is InChI=1S/C15H30O3/c16-10-13-4-1-2-5-14(11-17)8-9-15(12-18)7-3-6-13/h13-18H,1-12H2. The Kier molecular flexibility index (Phi) is 8.64. The van der Waals surface area contributed by atoms with E-state index in [4.69, 9.17) is 0 Å². The van der Waals surface area contributed by atoms with Crippen molar-refractivity contribution < 1.29 is 15.3 Å². The fourth-order valence-corrected chi connectivity index (χ4v) is 3.01. The minimum Gasteiger partial charge on any atom is -0.396 e. The summed E-state index contributed by atoms with van der Waals surface area (Å²) in [5, 5.41) is 28.0. The van der Waals surface area contributed by atoms with Crippen molar-refractivity contribution in [2.24, 2.45) is 17.8 Å². The SMILES string of the molecule is OCC1CCCCC(CO)CCC(CO)CCC1. The van der Waals surface area contributed by atoms with E-state index in [0.717, 1.165) is 51.4 Å². The van der Waals surface area contributed by atoms with E-state index in [1.54, 1.807) is 0 Å². The van der Waals surface area contributed by atoms with Crippen LogP contribution in [0.4, 0.5) is 0 Å². The molecule has 0 spiro atoms. The Labute approximate surface area is 111 Å². The first kappa shape index (κ1) is 15.9. The average molecular weight is 258 g/mol. The van der Waals surface area contributed by atoms with Gasteiger partial charge in [-0.15, -0.1) is 0 Å². The van der Waals surface area contributed by atoms with Crippen LogP contribution < -0.4 is 0 Å². The zero-order valence-corrected chi connectivity index (χ0v) is 11.6. The van der Waals surface area contributed by atoms with Gasteiger partial charge < -0.3 is 15.3 Å². The second kappa shape index (κ2) is 9.76. The summed E-state index contributed by atoms with van der Waals surface area (Å²) in [4.78, 5) is 0. The molecule has 0 bridgehead atoms. The molecule has 108 valence electrons. The molecule has 3 unspecified atom stereocenters. The van der Waals surface area contributed by atoms with E-state index in [0.29, 0.717) is 24.4 Å². The van der Waals surface area contributed by atoms with Crippen molar-refractivity contribution in [1.82, 2.24) is 0 Å². The molecule has 0 aliphatic heterocycles. The second-order valence-electron chi connectivity index (χ2n) is 5.94.